The molecule has 0 aromatic rings. The summed E-state index contributed by atoms with van der Waals surface area (Å²) in [5.41, 5.74) is 0. The van der Waals surface area contributed by atoms with Crippen LogP contribution in [0.4, 0.5) is 0 Å². The van der Waals surface area contributed by atoms with Crippen molar-refractivity contribution in [1.29, 1.82) is 0 Å². The molecule has 0 aromatic carbocycles. The standard InChI is InChI=1S/C11H24O2Si/c1-14(2,3)10-6-9-13-11-7-4-5-8-12-11/h11H,4-10H2,1-3H3. The Balaban J connectivity index is 1.97. The fourth-order valence-corrected chi connectivity index (χ4v) is 2.86. The van der Waals surface area contributed by atoms with Crippen molar-refractivity contribution in [1.82, 2.24) is 0 Å². The van der Waals surface area contributed by atoms with Crippen LogP contribution in [0.25, 0.3) is 0 Å². The van der Waals surface area contributed by atoms with Crippen LogP contribution in [-0.4, -0.2) is 27.6 Å². The summed E-state index contributed by atoms with van der Waals surface area (Å²) in [5.74, 6) is 0. The lowest BCUT2D eigenvalue weighted by molar-refractivity contribution is -0.162. The predicted octanol–water partition coefficient (Wildman–Crippen LogP) is 3.26. The molecule has 0 amide bonds. The molecule has 0 saturated carbocycles. The lowest BCUT2D eigenvalue weighted by atomic mass is 10.2. The average molecular weight is 216 g/mol. The Morgan fingerprint density at radius 3 is 2.64 bits per heavy atom. The molecule has 0 bridgehead atoms. The van der Waals surface area contributed by atoms with Crippen molar-refractivity contribution in [2.45, 2.75) is 57.7 Å². The minimum atomic E-state index is -0.865. The molecule has 1 saturated heterocycles. The summed E-state index contributed by atoms with van der Waals surface area (Å²) in [6, 6.07) is 1.36. The van der Waals surface area contributed by atoms with E-state index in [0.717, 1.165) is 19.6 Å². The van der Waals surface area contributed by atoms with Crippen LogP contribution in [0.2, 0.25) is 25.7 Å². The highest BCUT2D eigenvalue weighted by molar-refractivity contribution is 6.76. The molecule has 0 spiro atoms. The average Bonchev–Trinajstić information content (AvgIpc) is 2.13. The molecule has 84 valence electrons. The number of hydrogen-bond donors (Lipinski definition) is 0. The Hall–Kier alpha value is 0.137. The maximum Gasteiger partial charge on any atom is 0.157 e. The van der Waals surface area contributed by atoms with Crippen molar-refractivity contribution >= 4 is 8.07 Å². The normalized spacial score (nSPS) is 23.8. The maximum atomic E-state index is 5.68. The van der Waals surface area contributed by atoms with Crippen LogP contribution in [0.3, 0.4) is 0 Å². The van der Waals surface area contributed by atoms with Gasteiger partial charge in [0.2, 0.25) is 0 Å². The number of rotatable bonds is 5. The van der Waals surface area contributed by atoms with Gasteiger partial charge >= 0.3 is 0 Å². The van der Waals surface area contributed by atoms with Crippen molar-refractivity contribution < 1.29 is 9.47 Å². The second-order valence-corrected chi connectivity index (χ2v) is 11.0. The van der Waals surface area contributed by atoms with Crippen molar-refractivity contribution in [3.8, 4) is 0 Å². The molecule has 1 unspecified atom stereocenters. The summed E-state index contributed by atoms with van der Waals surface area (Å²) in [6.07, 6.45) is 4.86. The van der Waals surface area contributed by atoms with Gasteiger partial charge in [-0.1, -0.05) is 25.7 Å². The fourth-order valence-electron chi connectivity index (χ4n) is 1.66. The van der Waals surface area contributed by atoms with Crippen LogP contribution >= 0.6 is 0 Å². The van der Waals surface area contributed by atoms with Crippen LogP contribution in [0.15, 0.2) is 0 Å². The molecular weight excluding hydrogens is 192 g/mol. The molecule has 0 aromatic heterocycles. The fraction of sp³-hybridized carbons (Fsp3) is 1.00. The quantitative estimate of drug-likeness (QED) is 0.519. The van der Waals surface area contributed by atoms with Gasteiger partial charge in [-0.05, 0) is 25.7 Å². The summed E-state index contributed by atoms with van der Waals surface area (Å²) >= 11 is 0. The van der Waals surface area contributed by atoms with Crippen LogP contribution in [0, 0.1) is 0 Å². The SMILES string of the molecule is C[Si](C)(C)CCCOC1CCCCO1. The van der Waals surface area contributed by atoms with E-state index < -0.39 is 8.07 Å². The van der Waals surface area contributed by atoms with E-state index >= 15 is 0 Å². The van der Waals surface area contributed by atoms with E-state index in [2.05, 4.69) is 19.6 Å². The molecule has 2 nitrogen and oxygen atoms in total. The molecule has 1 fully saturated rings. The van der Waals surface area contributed by atoms with Crippen LogP contribution < -0.4 is 0 Å². The van der Waals surface area contributed by atoms with Crippen molar-refractivity contribution in [3.63, 3.8) is 0 Å². The highest BCUT2D eigenvalue weighted by Crippen LogP contribution is 2.15. The summed E-state index contributed by atoms with van der Waals surface area (Å²) in [5, 5.41) is 0. The Morgan fingerprint density at radius 1 is 1.29 bits per heavy atom. The second-order valence-electron chi connectivity index (χ2n) is 5.33. The third-order valence-corrected chi connectivity index (χ3v) is 4.37. The van der Waals surface area contributed by atoms with Gasteiger partial charge in [0.05, 0.1) is 0 Å². The van der Waals surface area contributed by atoms with Crippen LogP contribution in [0.5, 0.6) is 0 Å². The van der Waals surface area contributed by atoms with Gasteiger partial charge < -0.3 is 9.47 Å². The third kappa shape index (κ3) is 5.78. The molecule has 1 atom stereocenters. The Kier molecular flexibility index (Phi) is 5.13. The van der Waals surface area contributed by atoms with E-state index in [4.69, 9.17) is 9.47 Å². The molecule has 1 aliphatic heterocycles. The largest absolute Gasteiger partial charge is 0.353 e. The molecule has 14 heavy (non-hydrogen) atoms. The van der Waals surface area contributed by atoms with E-state index in [0.29, 0.717) is 0 Å². The van der Waals surface area contributed by atoms with Crippen LogP contribution in [0.1, 0.15) is 25.7 Å². The van der Waals surface area contributed by atoms with Crippen molar-refractivity contribution in [2.75, 3.05) is 13.2 Å². The molecule has 1 aliphatic rings. The first-order valence-corrected chi connectivity index (χ1v) is 9.52. The van der Waals surface area contributed by atoms with E-state index in [1.807, 2.05) is 0 Å². The van der Waals surface area contributed by atoms with Gasteiger partial charge in [-0.25, -0.2) is 0 Å². The van der Waals surface area contributed by atoms with Crippen molar-refractivity contribution in [3.05, 3.63) is 0 Å². The third-order valence-electron chi connectivity index (χ3n) is 2.51. The van der Waals surface area contributed by atoms with Gasteiger partial charge in [0.1, 0.15) is 0 Å². The molecule has 1 heterocycles. The maximum absolute atomic E-state index is 5.68. The summed E-state index contributed by atoms with van der Waals surface area (Å²) < 4.78 is 11.2. The topological polar surface area (TPSA) is 18.5 Å². The summed E-state index contributed by atoms with van der Waals surface area (Å²) in [7, 11) is -0.865. The van der Waals surface area contributed by atoms with E-state index in [9.17, 15) is 0 Å². The summed E-state index contributed by atoms with van der Waals surface area (Å²) in [4.78, 5) is 0. The van der Waals surface area contributed by atoms with Gasteiger partial charge in [-0.3, -0.25) is 0 Å². The minimum absolute atomic E-state index is 0.102. The highest BCUT2D eigenvalue weighted by Gasteiger charge is 2.15. The lowest BCUT2D eigenvalue weighted by Crippen LogP contribution is -2.24. The zero-order valence-electron chi connectivity index (χ0n) is 9.84. The predicted molar refractivity (Wildman–Crippen MR) is 62.3 cm³/mol. The van der Waals surface area contributed by atoms with E-state index in [-0.39, 0.29) is 6.29 Å². The van der Waals surface area contributed by atoms with E-state index in [1.165, 1.54) is 25.3 Å². The Labute approximate surface area is 89.0 Å². The van der Waals surface area contributed by atoms with Gasteiger partial charge in [-0.2, -0.15) is 0 Å². The molecule has 0 radical (unpaired) electrons. The monoisotopic (exact) mass is 216 g/mol. The molecule has 1 rings (SSSR count). The van der Waals surface area contributed by atoms with Crippen molar-refractivity contribution in [2.24, 2.45) is 0 Å². The zero-order chi connectivity index (χ0) is 10.4. The molecular formula is C11H24O2Si. The first-order valence-electron chi connectivity index (χ1n) is 5.81. The second kappa shape index (κ2) is 5.88. The summed E-state index contributed by atoms with van der Waals surface area (Å²) in [6.45, 7) is 8.99. The molecule has 3 heteroatoms. The first kappa shape index (κ1) is 12.2. The van der Waals surface area contributed by atoms with Gasteiger partial charge in [0, 0.05) is 21.3 Å². The molecule has 0 N–H and O–H groups in total. The minimum Gasteiger partial charge on any atom is -0.353 e. The van der Waals surface area contributed by atoms with E-state index in [1.54, 1.807) is 0 Å². The first-order chi connectivity index (χ1) is 6.58. The number of hydrogen-bond acceptors (Lipinski definition) is 2. The molecule has 0 aliphatic carbocycles. The zero-order valence-corrected chi connectivity index (χ0v) is 10.8. The van der Waals surface area contributed by atoms with Crippen LogP contribution in [-0.2, 0) is 9.47 Å². The lowest BCUT2D eigenvalue weighted by Gasteiger charge is -2.23. The highest BCUT2D eigenvalue weighted by atomic mass is 28.3. The van der Waals surface area contributed by atoms with Gasteiger partial charge in [-0.15, -0.1) is 0 Å². The smallest absolute Gasteiger partial charge is 0.157 e. The number of ether oxygens (including phenoxy) is 2. The Bertz CT molecular complexity index is 148. The van der Waals surface area contributed by atoms with Gasteiger partial charge in [0.25, 0.3) is 0 Å². The van der Waals surface area contributed by atoms with Gasteiger partial charge in [0.15, 0.2) is 6.29 Å². The Morgan fingerprint density at radius 2 is 2.07 bits per heavy atom.